The van der Waals surface area contributed by atoms with E-state index in [9.17, 15) is 14.4 Å². The number of likely N-dealkylation sites (tertiary alicyclic amines) is 1. The topological polar surface area (TPSA) is 64.2 Å². The van der Waals surface area contributed by atoms with E-state index in [0.717, 1.165) is 88.2 Å². The summed E-state index contributed by atoms with van der Waals surface area (Å²) in [5, 5.41) is 0. The molecular weight excluding hydrogens is 476 g/mol. The summed E-state index contributed by atoms with van der Waals surface area (Å²) in [6.45, 7) is 10.2. The second-order valence-corrected chi connectivity index (χ2v) is 10.9. The Morgan fingerprint density at radius 3 is 2.18 bits per heavy atom. The minimum absolute atomic E-state index is 0.0921. The van der Waals surface area contributed by atoms with E-state index >= 15 is 0 Å². The Bertz CT molecular complexity index is 1150. The number of piperazine rings is 1. The third kappa shape index (κ3) is 5.48. The lowest BCUT2D eigenvalue weighted by molar-refractivity contribution is -0.136. The fourth-order valence-corrected chi connectivity index (χ4v) is 6.07. The second-order valence-electron chi connectivity index (χ2n) is 10.9. The van der Waals surface area contributed by atoms with Crippen molar-refractivity contribution in [3.8, 4) is 0 Å². The predicted octanol–water partition coefficient (Wildman–Crippen LogP) is 3.68. The summed E-state index contributed by atoms with van der Waals surface area (Å²) in [6, 6.07) is 15.8. The number of hydrogen-bond acceptors (Lipinski definition) is 4. The summed E-state index contributed by atoms with van der Waals surface area (Å²) in [5.74, 6) is 0.585. The molecule has 2 saturated heterocycles. The highest BCUT2D eigenvalue weighted by atomic mass is 16.2. The van der Waals surface area contributed by atoms with Gasteiger partial charge in [-0.05, 0) is 54.7 Å². The fraction of sp³-hybridized carbons (Fsp3) is 0.516. The quantitative estimate of drug-likeness (QED) is 0.563. The maximum absolute atomic E-state index is 13.2. The molecule has 0 saturated carbocycles. The van der Waals surface area contributed by atoms with Crippen LogP contribution in [0.15, 0.2) is 48.5 Å². The Morgan fingerprint density at radius 2 is 1.50 bits per heavy atom. The zero-order chi connectivity index (χ0) is 26.6. The van der Waals surface area contributed by atoms with Crippen molar-refractivity contribution in [1.29, 1.82) is 0 Å². The van der Waals surface area contributed by atoms with Crippen molar-refractivity contribution >= 4 is 17.7 Å². The van der Waals surface area contributed by atoms with Gasteiger partial charge in [-0.15, -0.1) is 0 Å². The Balaban J connectivity index is 1.11. The van der Waals surface area contributed by atoms with E-state index in [-0.39, 0.29) is 23.6 Å². The second kappa shape index (κ2) is 11.7. The number of carbonyl (C=O) groups is 3. The molecule has 0 bridgehead atoms. The number of benzene rings is 2. The molecule has 2 aromatic rings. The van der Waals surface area contributed by atoms with Gasteiger partial charge in [0.25, 0.3) is 11.8 Å². The largest absolute Gasteiger partial charge is 0.338 e. The van der Waals surface area contributed by atoms with Crippen molar-refractivity contribution in [3.05, 3.63) is 70.8 Å². The number of nitrogens with zero attached hydrogens (tertiary/aromatic N) is 4. The van der Waals surface area contributed by atoms with Crippen LogP contribution in [0.1, 0.15) is 65.0 Å². The average Bonchev–Trinajstić information content (AvgIpc) is 2.94. The van der Waals surface area contributed by atoms with Crippen LogP contribution in [-0.2, 0) is 17.8 Å². The predicted molar refractivity (Wildman–Crippen MR) is 148 cm³/mol. The summed E-state index contributed by atoms with van der Waals surface area (Å²) in [7, 11) is 0. The molecule has 0 aromatic heterocycles. The van der Waals surface area contributed by atoms with Crippen molar-refractivity contribution in [1.82, 2.24) is 19.6 Å². The van der Waals surface area contributed by atoms with Crippen LogP contribution in [0.25, 0.3) is 0 Å². The molecule has 2 fully saturated rings. The molecule has 1 unspecified atom stereocenters. The van der Waals surface area contributed by atoms with Gasteiger partial charge in [-0.1, -0.05) is 44.5 Å². The molecule has 3 aliphatic rings. The number of rotatable bonds is 7. The van der Waals surface area contributed by atoms with Gasteiger partial charge >= 0.3 is 0 Å². The number of fused-ring (bicyclic) bond motifs is 1. The fourth-order valence-electron chi connectivity index (χ4n) is 6.07. The highest BCUT2D eigenvalue weighted by Gasteiger charge is 2.37. The number of amides is 3. The molecule has 2 aromatic carbocycles. The van der Waals surface area contributed by atoms with Crippen LogP contribution in [0, 0.1) is 5.92 Å². The zero-order valence-corrected chi connectivity index (χ0v) is 22.8. The molecule has 5 rings (SSSR count). The summed E-state index contributed by atoms with van der Waals surface area (Å²) in [5.41, 5.74) is 3.85. The van der Waals surface area contributed by atoms with Crippen LogP contribution in [0.2, 0.25) is 0 Å². The maximum atomic E-state index is 13.2. The molecule has 1 atom stereocenters. The van der Waals surface area contributed by atoms with Gasteiger partial charge in [0.15, 0.2) is 0 Å². The van der Waals surface area contributed by atoms with E-state index in [1.165, 1.54) is 5.56 Å². The van der Waals surface area contributed by atoms with E-state index < -0.39 is 0 Å². The molecule has 3 amide bonds. The standard InChI is InChI=1S/C31H40N4O3/c1-3-8-23(4-2)29(36)34-14-13-25-19-26(11-12-27(25)20-34)31(38)35-21-28(22-35)32-15-17-33(18-16-32)30(37)24-9-6-5-7-10-24/h5-7,9-12,19,23,28H,3-4,8,13-18,20-22H2,1-2H3. The third-order valence-corrected chi connectivity index (χ3v) is 8.54. The van der Waals surface area contributed by atoms with Crippen molar-refractivity contribution in [2.24, 2.45) is 5.92 Å². The molecule has 0 aliphatic carbocycles. The lowest BCUT2D eigenvalue weighted by Crippen LogP contribution is -2.64. The molecule has 3 aliphatic heterocycles. The van der Waals surface area contributed by atoms with Gasteiger partial charge in [0.1, 0.15) is 0 Å². The smallest absolute Gasteiger partial charge is 0.253 e. The lowest BCUT2D eigenvalue weighted by Gasteiger charge is -2.48. The Hall–Kier alpha value is -3.19. The van der Waals surface area contributed by atoms with Gasteiger partial charge in [-0.3, -0.25) is 19.3 Å². The Morgan fingerprint density at radius 1 is 0.789 bits per heavy atom. The summed E-state index contributed by atoms with van der Waals surface area (Å²) < 4.78 is 0. The van der Waals surface area contributed by atoms with Crippen molar-refractivity contribution in [3.63, 3.8) is 0 Å². The minimum atomic E-state index is 0.0921. The molecule has 0 radical (unpaired) electrons. The van der Waals surface area contributed by atoms with Crippen molar-refractivity contribution < 1.29 is 14.4 Å². The number of carbonyl (C=O) groups excluding carboxylic acids is 3. The third-order valence-electron chi connectivity index (χ3n) is 8.54. The highest BCUT2D eigenvalue weighted by molar-refractivity contribution is 5.95. The molecule has 202 valence electrons. The molecule has 7 heteroatoms. The SMILES string of the molecule is CCCC(CC)C(=O)N1CCc2cc(C(=O)N3CC(N4CCN(C(=O)c5ccccc5)CC4)C3)ccc2C1. The van der Waals surface area contributed by atoms with Crippen LogP contribution in [0.4, 0.5) is 0 Å². The zero-order valence-electron chi connectivity index (χ0n) is 22.8. The van der Waals surface area contributed by atoms with Gasteiger partial charge in [0.05, 0.1) is 0 Å². The van der Waals surface area contributed by atoms with Gasteiger partial charge in [-0.25, -0.2) is 0 Å². The molecular formula is C31H40N4O3. The first-order valence-electron chi connectivity index (χ1n) is 14.3. The van der Waals surface area contributed by atoms with Gasteiger partial charge in [0.2, 0.25) is 5.91 Å². The van der Waals surface area contributed by atoms with Crippen molar-refractivity contribution in [2.75, 3.05) is 45.8 Å². The minimum Gasteiger partial charge on any atom is -0.338 e. The number of hydrogen-bond donors (Lipinski definition) is 0. The maximum Gasteiger partial charge on any atom is 0.253 e. The summed E-state index contributed by atoms with van der Waals surface area (Å²) in [4.78, 5) is 47.2. The van der Waals surface area contributed by atoms with E-state index in [0.29, 0.717) is 12.6 Å². The highest BCUT2D eigenvalue weighted by Crippen LogP contribution is 2.26. The van der Waals surface area contributed by atoms with Crippen LogP contribution < -0.4 is 0 Å². The Labute approximate surface area is 226 Å². The first-order chi connectivity index (χ1) is 18.5. The molecule has 0 N–H and O–H groups in total. The van der Waals surface area contributed by atoms with Crippen molar-refractivity contribution in [2.45, 2.75) is 52.1 Å². The normalized spacial score (nSPS) is 19.1. The van der Waals surface area contributed by atoms with Gasteiger partial charge < -0.3 is 14.7 Å². The van der Waals surface area contributed by atoms with E-state index in [2.05, 4.69) is 18.7 Å². The molecule has 7 nitrogen and oxygen atoms in total. The first kappa shape index (κ1) is 26.4. The van der Waals surface area contributed by atoms with Gasteiger partial charge in [-0.2, -0.15) is 0 Å². The monoisotopic (exact) mass is 516 g/mol. The average molecular weight is 517 g/mol. The summed E-state index contributed by atoms with van der Waals surface area (Å²) >= 11 is 0. The van der Waals surface area contributed by atoms with Gasteiger partial charge in [0, 0.05) is 75.4 Å². The first-order valence-corrected chi connectivity index (χ1v) is 14.3. The van der Waals surface area contributed by atoms with Crippen LogP contribution >= 0.6 is 0 Å². The van der Waals surface area contributed by atoms with E-state index in [4.69, 9.17) is 0 Å². The van der Waals surface area contributed by atoms with E-state index in [1.54, 1.807) is 0 Å². The van der Waals surface area contributed by atoms with E-state index in [1.807, 2.05) is 63.2 Å². The molecule has 0 spiro atoms. The molecule has 3 heterocycles. The lowest BCUT2D eigenvalue weighted by atomic mass is 9.93. The Kier molecular flexibility index (Phi) is 8.12. The van der Waals surface area contributed by atoms with Crippen LogP contribution in [0.3, 0.4) is 0 Å². The van der Waals surface area contributed by atoms with Crippen LogP contribution in [0.5, 0.6) is 0 Å². The molecule has 38 heavy (non-hydrogen) atoms. The summed E-state index contributed by atoms with van der Waals surface area (Å²) in [6.07, 6.45) is 3.67. The van der Waals surface area contributed by atoms with Crippen LogP contribution in [-0.4, -0.2) is 89.2 Å².